The molecule has 0 bridgehead atoms. The molecule has 0 amide bonds. The number of nitrogens with one attached hydrogen (secondary N) is 2. The van der Waals surface area contributed by atoms with Crippen molar-refractivity contribution in [3.05, 3.63) is 64.3 Å². The molecule has 0 spiro atoms. The molecule has 5 rings (SSSR count). The van der Waals surface area contributed by atoms with E-state index in [1.165, 1.54) is 18.2 Å². The first-order valence-electron chi connectivity index (χ1n) is 11.9. The standard InChI is InChI=1S/C26H27Cl2N5O3S/c1-15(2)33-12-17(13-33)14-36-26-25-16(3)30-31-23(25)11-22(29-26)18-4-7-20(8-5-18)32-37(34,35)24-10-19(27)6-9-21(24)28/h4-11,15,17,32H,12-14H2,1-3H3,(H,30,31). The molecule has 0 radical (unpaired) electrons. The number of sulfonamides is 1. The smallest absolute Gasteiger partial charge is 0.263 e. The molecule has 1 fully saturated rings. The van der Waals surface area contributed by atoms with Crippen LogP contribution < -0.4 is 9.46 Å². The van der Waals surface area contributed by atoms with Gasteiger partial charge in [-0.15, -0.1) is 0 Å². The van der Waals surface area contributed by atoms with Crippen molar-refractivity contribution in [2.24, 2.45) is 5.92 Å². The van der Waals surface area contributed by atoms with Gasteiger partial charge in [-0.2, -0.15) is 5.10 Å². The molecule has 0 saturated carbocycles. The maximum atomic E-state index is 12.8. The summed E-state index contributed by atoms with van der Waals surface area (Å²) in [7, 11) is -3.92. The van der Waals surface area contributed by atoms with E-state index in [2.05, 4.69) is 33.7 Å². The van der Waals surface area contributed by atoms with Crippen molar-refractivity contribution in [3.63, 3.8) is 0 Å². The van der Waals surface area contributed by atoms with Crippen LogP contribution in [0.2, 0.25) is 10.0 Å². The fraction of sp³-hybridized carbons (Fsp3) is 0.308. The molecule has 2 N–H and O–H groups in total. The van der Waals surface area contributed by atoms with E-state index in [-0.39, 0.29) is 14.9 Å². The number of pyridine rings is 1. The van der Waals surface area contributed by atoms with E-state index < -0.39 is 10.0 Å². The number of rotatable bonds is 8. The van der Waals surface area contributed by atoms with Crippen molar-refractivity contribution < 1.29 is 13.2 Å². The number of anilines is 1. The number of hydrogen-bond acceptors (Lipinski definition) is 6. The lowest BCUT2D eigenvalue weighted by Gasteiger charge is -2.41. The number of H-pyrrole nitrogens is 1. The molecule has 8 nitrogen and oxygen atoms in total. The number of nitrogens with zero attached hydrogens (tertiary/aromatic N) is 3. The lowest BCUT2D eigenvalue weighted by Crippen LogP contribution is -2.52. The molecule has 11 heteroatoms. The third kappa shape index (κ3) is 5.40. The Balaban J connectivity index is 1.36. The Morgan fingerprint density at radius 1 is 1.14 bits per heavy atom. The number of ether oxygens (including phenoxy) is 1. The molecule has 4 aromatic rings. The fourth-order valence-corrected chi connectivity index (χ4v) is 6.16. The number of fused-ring (bicyclic) bond motifs is 1. The third-order valence-corrected chi connectivity index (χ3v) is 8.57. The van der Waals surface area contributed by atoms with Gasteiger partial charge in [0.1, 0.15) is 4.90 Å². The van der Waals surface area contributed by atoms with Gasteiger partial charge in [-0.05, 0) is 57.2 Å². The van der Waals surface area contributed by atoms with Gasteiger partial charge < -0.3 is 9.64 Å². The minimum absolute atomic E-state index is 0.0865. The second kappa shape index (κ2) is 10.1. The molecule has 1 aliphatic rings. The van der Waals surface area contributed by atoms with Gasteiger partial charge >= 0.3 is 0 Å². The van der Waals surface area contributed by atoms with Crippen LogP contribution in [0.25, 0.3) is 22.2 Å². The molecule has 1 saturated heterocycles. The lowest BCUT2D eigenvalue weighted by molar-refractivity contribution is 0.0369. The van der Waals surface area contributed by atoms with Crippen LogP contribution in [0.1, 0.15) is 19.5 Å². The van der Waals surface area contributed by atoms with Crippen molar-refractivity contribution >= 4 is 49.8 Å². The predicted molar refractivity (Wildman–Crippen MR) is 147 cm³/mol. The van der Waals surface area contributed by atoms with E-state index in [0.717, 1.165) is 35.2 Å². The van der Waals surface area contributed by atoms with Crippen LogP contribution >= 0.6 is 23.2 Å². The third-order valence-electron chi connectivity index (χ3n) is 6.47. The number of likely N-dealkylation sites (tertiary alicyclic amines) is 1. The highest BCUT2D eigenvalue weighted by molar-refractivity contribution is 7.92. The summed E-state index contributed by atoms with van der Waals surface area (Å²) in [4.78, 5) is 7.12. The highest BCUT2D eigenvalue weighted by Gasteiger charge is 2.29. The van der Waals surface area contributed by atoms with E-state index in [4.69, 9.17) is 32.9 Å². The minimum atomic E-state index is -3.92. The van der Waals surface area contributed by atoms with Crippen LogP contribution in [0.4, 0.5) is 5.69 Å². The van der Waals surface area contributed by atoms with Gasteiger partial charge in [-0.25, -0.2) is 13.4 Å². The summed E-state index contributed by atoms with van der Waals surface area (Å²) in [6.45, 7) is 8.96. The van der Waals surface area contributed by atoms with E-state index in [1.807, 2.05) is 13.0 Å². The average molecular weight is 561 g/mol. The SMILES string of the molecule is Cc1[nH]nc2cc(-c3ccc(NS(=O)(=O)c4cc(Cl)ccc4Cl)cc3)nc(OCC3CN(C(C)C)C3)c12. The number of benzene rings is 2. The summed E-state index contributed by atoms with van der Waals surface area (Å²) in [5.41, 5.74) is 3.51. The van der Waals surface area contributed by atoms with Crippen LogP contribution in [0.15, 0.2) is 53.4 Å². The molecular weight excluding hydrogens is 533 g/mol. The Morgan fingerprint density at radius 3 is 2.57 bits per heavy atom. The summed E-state index contributed by atoms with van der Waals surface area (Å²) in [5, 5.41) is 8.66. The van der Waals surface area contributed by atoms with Crippen LogP contribution in [-0.4, -0.2) is 54.2 Å². The predicted octanol–water partition coefficient (Wildman–Crippen LogP) is 5.76. The Labute approximate surface area is 226 Å². The number of halogens is 2. The Kier molecular flexibility index (Phi) is 7.06. The Morgan fingerprint density at radius 2 is 1.86 bits per heavy atom. The number of aryl methyl sites for hydroxylation is 1. The molecule has 194 valence electrons. The van der Waals surface area contributed by atoms with Crippen molar-refractivity contribution in [2.45, 2.75) is 31.7 Å². The fourth-order valence-electron chi connectivity index (χ4n) is 4.34. The zero-order valence-corrected chi connectivity index (χ0v) is 23.0. The zero-order valence-electron chi connectivity index (χ0n) is 20.6. The van der Waals surface area contributed by atoms with Crippen molar-refractivity contribution in [2.75, 3.05) is 24.4 Å². The van der Waals surface area contributed by atoms with Crippen LogP contribution in [-0.2, 0) is 10.0 Å². The minimum Gasteiger partial charge on any atom is -0.477 e. The van der Waals surface area contributed by atoms with Crippen LogP contribution in [0.3, 0.4) is 0 Å². The molecule has 3 heterocycles. The van der Waals surface area contributed by atoms with Crippen LogP contribution in [0.5, 0.6) is 5.88 Å². The summed E-state index contributed by atoms with van der Waals surface area (Å²) < 4.78 is 34.4. The number of aromatic amines is 1. The first-order chi connectivity index (χ1) is 17.6. The highest BCUT2D eigenvalue weighted by atomic mass is 35.5. The molecule has 0 aliphatic carbocycles. The van der Waals surface area contributed by atoms with Crippen molar-refractivity contribution in [1.29, 1.82) is 0 Å². The van der Waals surface area contributed by atoms with E-state index in [1.54, 1.807) is 24.3 Å². The van der Waals surface area contributed by atoms with Crippen molar-refractivity contribution in [3.8, 4) is 17.1 Å². The largest absolute Gasteiger partial charge is 0.477 e. The number of aromatic nitrogens is 3. The monoisotopic (exact) mass is 559 g/mol. The second-order valence-corrected chi connectivity index (χ2v) is 12.0. The van der Waals surface area contributed by atoms with Crippen LogP contribution in [0, 0.1) is 12.8 Å². The Hall–Kier alpha value is -2.85. The van der Waals surface area contributed by atoms with Gasteiger partial charge in [0.05, 0.1) is 28.2 Å². The molecule has 2 aromatic carbocycles. The summed E-state index contributed by atoms with van der Waals surface area (Å²) in [5.74, 6) is 1.01. The van der Waals surface area contributed by atoms with Gasteiger partial charge in [0.2, 0.25) is 5.88 Å². The van der Waals surface area contributed by atoms with Gasteiger partial charge in [0, 0.05) is 47.0 Å². The molecule has 37 heavy (non-hydrogen) atoms. The number of hydrogen-bond donors (Lipinski definition) is 2. The lowest BCUT2D eigenvalue weighted by atomic mass is 9.99. The van der Waals surface area contributed by atoms with E-state index >= 15 is 0 Å². The highest BCUT2D eigenvalue weighted by Crippen LogP contribution is 2.32. The van der Waals surface area contributed by atoms with E-state index in [0.29, 0.717) is 35.8 Å². The summed E-state index contributed by atoms with van der Waals surface area (Å²) in [6.07, 6.45) is 0. The van der Waals surface area contributed by atoms with Gasteiger partial charge in [-0.1, -0.05) is 35.3 Å². The summed E-state index contributed by atoms with van der Waals surface area (Å²) >= 11 is 12.0. The quantitative estimate of drug-likeness (QED) is 0.284. The topological polar surface area (TPSA) is 100 Å². The van der Waals surface area contributed by atoms with Gasteiger partial charge in [0.15, 0.2) is 0 Å². The molecule has 1 aliphatic heterocycles. The molecular formula is C26H27Cl2N5O3S. The average Bonchev–Trinajstić information content (AvgIpc) is 3.20. The van der Waals surface area contributed by atoms with Crippen molar-refractivity contribution in [1.82, 2.24) is 20.1 Å². The van der Waals surface area contributed by atoms with Gasteiger partial charge in [0.25, 0.3) is 10.0 Å². The Bertz CT molecular complexity index is 1550. The molecule has 2 aromatic heterocycles. The second-order valence-electron chi connectivity index (χ2n) is 9.54. The molecule has 0 unspecified atom stereocenters. The summed E-state index contributed by atoms with van der Waals surface area (Å²) in [6, 6.07) is 13.7. The maximum absolute atomic E-state index is 12.8. The van der Waals surface area contributed by atoms with E-state index in [9.17, 15) is 8.42 Å². The molecule has 0 atom stereocenters. The zero-order chi connectivity index (χ0) is 26.3. The first-order valence-corrected chi connectivity index (χ1v) is 14.2. The van der Waals surface area contributed by atoms with Gasteiger partial charge in [-0.3, -0.25) is 9.82 Å². The first kappa shape index (κ1) is 25.8. The normalized spacial score (nSPS) is 14.8. The maximum Gasteiger partial charge on any atom is 0.263 e.